The van der Waals surface area contributed by atoms with Crippen molar-refractivity contribution in [1.29, 1.82) is 0 Å². The normalized spacial score (nSPS) is 12.6. The molecule has 0 aliphatic rings. The summed E-state index contributed by atoms with van der Waals surface area (Å²) in [4.78, 5) is 5.70. The van der Waals surface area contributed by atoms with E-state index < -0.39 is 0 Å². The molecule has 0 bridgehead atoms. The first kappa shape index (κ1) is 14.2. The van der Waals surface area contributed by atoms with Crippen molar-refractivity contribution in [2.24, 2.45) is 0 Å². The molecule has 0 fully saturated rings. The molecule has 1 aromatic heterocycles. The summed E-state index contributed by atoms with van der Waals surface area (Å²) in [6.07, 6.45) is 0.702. The van der Waals surface area contributed by atoms with Gasteiger partial charge in [0.15, 0.2) is 0 Å². The monoisotopic (exact) mass is 278 g/mol. The molecule has 1 N–H and O–H groups in total. The van der Waals surface area contributed by atoms with E-state index in [-0.39, 0.29) is 11.9 Å². The third-order valence-corrected chi connectivity index (χ3v) is 4.39. The van der Waals surface area contributed by atoms with Crippen LogP contribution in [0.3, 0.4) is 0 Å². The molecule has 1 heterocycles. The van der Waals surface area contributed by atoms with E-state index in [0.29, 0.717) is 6.42 Å². The first-order valence-corrected chi connectivity index (χ1v) is 7.30. The minimum Gasteiger partial charge on any atom is -0.309 e. The van der Waals surface area contributed by atoms with Crippen molar-refractivity contribution in [1.82, 2.24) is 10.3 Å². The number of halogens is 1. The fourth-order valence-electron chi connectivity index (χ4n) is 2.17. The molecule has 102 valence electrons. The average molecular weight is 278 g/mol. The Kier molecular flexibility index (Phi) is 4.66. The van der Waals surface area contributed by atoms with Crippen LogP contribution in [0.2, 0.25) is 0 Å². The Morgan fingerprint density at radius 2 is 2.05 bits per heavy atom. The van der Waals surface area contributed by atoms with Gasteiger partial charge in [-0.3, -0.25) is 0 Å². The topological polar surface area (TPSA) is 24.9 Å². The molecular weight excluding hydrogens is 259 g/mol. The molecule has 0 radical (unpaired) electrons. The van der Waals surface area contributed by atoms with Crippen molar-refractivity contribution in [3.63, 3.8) is 0 Å². The highest BCUT2D eigenvalue weighted by atomic mass is 32.1. The smallest absolute Gasteiger partial charge is 0.126 e. The standard InChI is InChI=1S/C15H19FN2S/c1-10(15-11(2)18-12(3)19-15)17-9-8-13-6-4-5-7-14(13)16/h4-7,10,17H,8-9H2,1-3H3. The summed E-state index contributed by atoms with van der Waals surface area (Å²) in [5, 5.41) is 4.53. The van der Waals surface area contributed by atoms with Crippen LogP contribution in [0.25, 0.3) is 0 Å². The van der Waals surface area contributed by atoms with Gasteiger partial charge in [0.05, 0.1) is 10.7 Å². The number of aryl methyl sites for hydroxylation is 2. The average Bonchev–Trinajstić information content (AvgIpc) is 2.71. The molecule has 1 atom stereocenters. The maximum absolute atomic E-state index is 13.5. The van der Waals surface area contributed by atoms with Crippen LogP contribution in [0, 0.1) is 19.7 Å². The van der Waals surface area contributed by atoms with E-state index in [1.807, 2.05) is 26.0 Å². The van der Waals surface area contributed by atoms with E-state index in [1.54, 1.807) is 17.4 Å². The Labute approximate surface area is 117 Å². The van der Waals surface area contributed by atoms with Gasteiger partial charge < -0.3 is 5.32 Å². The van der Waals surface area contributed by atoms with Gasteiger partial charge in [-0.05, 0) is 45.4 Å². The van der Waals surface area contributed by atoms with Gasteiger partial charge in [-0.25, -0.2) is 9.37 Å². The van der Waals surface area contributed by atoms with Crippen molar-refractivity contribution in [3.05, 3.63) is 51.2 Å². The lowest BCUT2D eigenvalue weighted by Gasteiger charge is -2.13. The third kappa shape index (κ3) is 3.61. The highest BCUT2D eigenvalue weighted by Gasteiger charge is 2.12. The molecule has 0 spiro atoms. The van der Waals surface area contributed by atoms with Gasteiger partial charge in [0, 0.05) is 10.9 Å². The van der Waals surface area contributed by atoms with Crippen LogP contribution in [-0.2, 0) is 6.42 Å². The maximum Gasteiger partial charge on any atom is 0.126 e. The molecule has 0 saturated heterocycles. The lowest BCUT2D eigenvalue weighted by atomic mass is 10.1. The minimum atomic E-state index is -0.123. The van der Waals surface area contributed by atoms with Crippen molar-refractivity contribution in [2.45, 2.75) is 33.2 Å². The first-order chi connectivity index (χ1) is 9.08. The number of nitrogens with zero attached hydrogens (tertiary/aromatic N) is 1. The Bertz CT molecular complexity index is 551. The molecule has 2 nitrogen and oxygen atoms in total. The molecule has 0 saturated carbocycles. The molecule has 0 aliphatic heterocycles. The highest BCUT2D eigenvalue weighted by molar-refractivity contribution is 7.11. The SMILES string of the molecule is Cc1nc(C)c(C(C)NCCc2ccccc2F)s1. The number of nitrogens with one attached hydrogen (secondary N) is 1. The summed E-state index contributed by atoms with van der Waals surface area (Å²) in [6.45, 7) is 6.95. The van der Waals surface area contributed by atoms with Crippen molar-refractivity contribution < 1.29 is 4.39 Å². The second-order valence-corrected chi connectivity index (χ2v) is 5.93. The van der Waals surface area contributed by atoms with Crippen LogP contribution < -0.4 is 5.32 Å². The first-order valence-electron chi connectivity index (χ1n) is 6.48. The third-order valence-electron chi connectivity index (χ3n) is 3.14. The van der Waals surface area contributed by atoms with Gasteiger partial charge in [-0.1, -0.05) is 18.2 Å². The van der Waals surface area contributed by atoms with Crippen LogP contribution in [0.5, 0.6) is 0 Å². The number of hydrogen-bond acceptors (Lipinski definition) is 3. The summed E-state index contributed by atoms with van der Waals surface area (Å²) in [6, 6.07) is 7.20. The van der Waals surface area contributed by atoms with Crippen LogP contribution >= 0.6 is 11.3 Å². The predicted octanol–water partition coefficient (Wildman–Crippen LogP) is 3.79. The van der Waals surface area contributed by atoms with E-state index in [4.69, 9.17) is 0 Å². The second-order valence-electron chi connectivity index (χ2n) is 4.70. The Balaban J connectivity index is 1.89. The number of aromatic nitrogens is 1. The van der Waals surface area contributed by atoms with Crippen molar-refractivity contribution >= 4 is 11.3 Å². The van der Waals surface area contributed by atoms with Crippen molar-refractivity contribution in [3.8, 4) is 0 Å². The molecule has 1 aromatic carbocycles. The maximum atomic E-state index is 13.5. The van der Waals surface area contributed by atoms with Gasteiger partial charge >= 0.3 is 0 Å². The predicted molar refractivity (Wildman–Crippen MR) is 78.1 cm³/mol. The summed E-state index contributed by atoms with van der Waals surface area (Å²) in [5.74, 6) is -0.123. The summed E-state index contributed by atoms with van der Waals surface area (Å²) >= 11 is 1.72. The van der Waals surface area contributed by atoms with Crippen LogP contribution in [0.1, 0.15) is 34.1 Å². The molecule has 1 unspecified atom stereocenters. The second kappa shape index (κ2) is 6.26. The molecule has 0 aliphatic carbocycles. The largest absolute Gasteiger partial charge is 0.309 e. The number of hydrogen-bond donors (Lipinski definition) is 1. The number of thiazole rings is 1. The summed E-state index contributed by atoms with van der Waals surface area (Å²) in [5.41, 5.74) is 1.85. The molecule has 2 aromatic rings. The van der Waals surface area contributed by atoms with Gasteiger partial charge in [-0.15, -0.1) is 11.3 Å². The molecule has 0 amide bonds. The Hall–Kier alpha value is -1.26. The lowest BCUT2D eigenvalue weighted by Crippen LogP contribution is -2.21. The van der Waals surface area contributed by atoms with Gasteiger partial charge in [0.2, 0.25) is 0 Å². The zero-order chi connectivity index (χ0) is 13.8. The zero-order valence-corrected chi connectivity index (χ0v) is 12.4. The fourth-order valence-corrected chi connectivity index (χ4v) is 3.12. The van der Waals surface area contributed by atoms with E-state index in [0.717, 1.165) is 22.8 Å². The van der Waals surface area contributed by atoms with Crippen LogP contribution in [-0.4, -0.2) is 11.5 Å². The van der Waals surface area contributed by atoms with Gasteiger partial charge in [0.25, 0.3) is 0 Å². The Morgan fingerprint density at radius 1 is 1.32 bits per heavy atom. The highest BCUT2D eigenvalue weighted by Crippen LogP contribution is 2.24. The van der Waals surface area contributed by atoms with Crippen LogP contribution in [0.4, 0.5) is 4.39 Å². The molecule has 2 rings (SSSR count). The molecular formula is C15H19FN2S. The van der Waals surface area contributed by atoms with E-state index in [1.165, 1.54) is 10.9 Å². The quantitative estimate of drug-likeness (QED) is 0.900. The van der Waals surface area contributed by atoms with E-state index in [2.05, 4.69) is 17.2 Å². The molecule has 19 heavy (non-hydrogen) atoms. The number of rotatable bonds is 5. The summed E-state index contributed by atoms with van der Waals surface area (Å²) in [7, 11) is 0. The lowest BCUT2D eigenvalue weighted by molar-refractivity contribution is 0.562. The Morgan fingerprint density at radius 3 is 2.68 bits per heavy atom. The molecule has 4 heteroatoms. The van der Waals surface area contributed by atoms with Crippen molar-refractivity contribution in [2.75, 3.05) is 6.54 Å². The van der Waals surface area contributed by atoms with Gasteiger partial charge in [0.1, 0.15) is 5.82 Å². The van der Waals surface area contributed by atoms with Gasteiger partial charge in [-0.2, -0.15) is 0 Å². The van der Waals surface area contributed by atoms with Crippen LogP contribution in [0.15, 0.2) is 24.3 Å². The fraction of sp³-hybridized carbons (Fsp3) is 0.400. The zero-order valence-electron chi connectivity index (χ0n) is 11.5. The van der Waals surface area contributed by atoms with E-state index in [9.17, 15) is 4.39 Å². The minimum absolute atomic E-state index is 0.123. The summed E-state index contributed by atoms with van der Waals surface area (Å²) < 4.78 is 13.5. The number of benzene rings is 1. The van der Waals surface area contributed by atoms with E-state index >= 15 is 0 Å².